The Hall–Kier alpha value is -2.11. The number of ether oxygens (including phenoxy) is 1. The van der Waals surface area contributed by atoms with Gasteiger partial charge in [0.05, 0.1) is 23.7 Å². The molecular weight excluding hydrogens is 340 g/mol. The number of methoxy groups -OCH3 is 1. The molecule has 2 heterocycles. The number of carbonyl (C=O) groups excluding carboxylic acids is 1. The van der Waals surface area contributed by atoms with Crippen molar-refractivity contribution in [2.75, 3.05) is 13.7 Å². The van der Waals surface area contributed by atoms with Crippen LogP contribution in [0.25, 0.3) is 0 Å². The number of benzene rings is 1. The zero-order valence-corrected chi connectivity index (χ0v) is 15.4. The van der Waals surface area contributed by atoms with Gasteiger partial charge in [0, 0.05) is 24.9 Å². The summed E-state index contributed by atoms with van der Waals surface area (Å²) >= 11 is 6.46. The molecule has 1 N–H and O–H groups in total. The Morgan fingerprint density at radius 3 is 2.72 bits per heavy atom. The van der Waals surface area contributed by atoms with E-state index >= 15 is 0 Å². The number of nitrogens with zero attached hydrogens (tertiary/aromatic N) is 1. The normalized spacial score (nSPS) is 13.9. The lowest BCUT2D eigenvalue weighted by molar-refractivity contribution is 0.0726. The lowest BCUT2D eigenvalue weighted by Gasteiger charge is -2.30. The zero-order valence-electron chi connectivity index (χ0n) is 14.6. The van der Waals surface area contributed by atoms with Crippen LogP contribution in [0.5, 0.6) is 0 Å². The molecular formula is C19H21ClN2O3. The monoisotopic (exact) mass is 360 g/mol. The second-order valence-corrected chi connectivity index (χ2v) is 6.80. The molecule has 5 nitrogen and oxygen atoms in total. The first-order valence-corrected chi connectivity index (χ1v) is 8.58. The second-order valence-electron chi connectivity index (χ2n) is 6.43. The van der Waals surface area contributed by atoms with Crippen molar-refractivity contribution in [3.63, 3.8) is 0 Å². The Morgan fingerprint density at radius 1 is 1.28 bits per heavy atom. The first-order valence-electron chi connectivity index (χ1n) is 8.20. The van der Waals surface area contributed by atoms with E-state index in [1.165, 1.54) is 0 Å². The summed E-state index contributed by atoms with van der Waals surface area (Å²) in [5.41, 5.74) is 4.45. The minimum atomic E-state index is -0.143. The number of rotatable bonds is 4. The molecule has 1 amide bonds. The summed E-state index contributed by atoms with van der Waals surface area (Å²) in [5, 5.41) is 0.448. The molecule has 132 valence electrons. The molecule has 0 radical (unpaired) electrons. The molecule has 1 aliphatic heterocycles. The molecule has 0 saturated heterocycles. The highest BCUT2D eigenvalue weighted by Gasteiger charge is 2.28. The Kier molecular flexibility index (Phi) is 4.97. The number of nitrogens with one attached hydrogen (secondary N) is 1. The van der Waals surface area contributed by atoms with Crippen molar-refractivity contribution in [3.05, 3.63) is 67.1 Å². The van der Waals surface area contributed by atoms with Crippen molar-refractivity contribution < 1.29 is 9.53 Å². The van der Waals surface area contributed by atoms with Gasteiger partial charge in [0.15, 0.2) is 0 Å². The van der Waals surface area contributed by atoms with Crippen LogP contribution in [0.1, 0.15) is 38.3 Å². The smallest absolute Gasteiger partial charge is 0.255 e. The molecule has 25 heavy (non-hydrogen) atoms. The van der Waals surface area contributed by atoms with Crippen LogP contribution in [-0.4, -0.2) is 29.4 Å². The fourth-order valence-corrected chi connectivity index (χ4v) is 3.62. The summed E-state index contributed by atoms with van der Waals surface area (Å²) in [6.07, 6.45) is 0.719. The number of aryl methyl sites for hydroxylation is 2. The largest absolute Gasteiger partial charge is 0.380 e. The molecule has 3 rings (SSSR count). The van der Waals surface area contributed by atoms with E-state index in [4.69, 9.17) is 16.3 Å². The molecule has 1 aromatic heterocycles. The van der Waals surface area contributed by atoms with Gasteiger partial charge in [-0.2, -0.15) is 0 Å². The van der Waals surface area contributed by atoms with E-state index < -0.39 is 0 Å². The predicted octanol–water partition coefficient (Wildman–Crippen LogP) is 2.99. The summed E-state index contributed by atoms with van der Waals surface area (Å²) in [6, 6.07) is 5.76. The SMILES string of the molecule is COCc1ccc2c(c1Cl)C(=O)N(Cc1c(C)cc(C)[nH]c1=O)CC2. The quantitative estimate of drug-likeness (QED) is 0.911. The van der Waals surface area contributed by atoms with E-state index in [0.717, 1.165) is 28.8 Å². The van der Waals surface area contributed by atoms with Crippen LogP contribution >= 0.6 is 11.6 Å². The topological polar surface area (TPSA) is 62.4 Å². The van der Waals surface area contributed by atoms with Gasteiger partial charge >= 0.3 is 0 Å². The summed E-state index contributed by atoms with van der Waals surface area (Å²) in [4.78, 5) is 29.7. The fourth-order valence-electron chi connectivity index (χ4n) is 3.30. The van der Waals surface area contributed by atoms with E-state index in [0.29, 0.717) is 29.3 Å². The van der Waals surface area contributed by atoms with Crippen molar-refractivity contribution >= 4 is 17.5 Å². The van der Waals surface area contributed by atoms with Gasteiger partial charge in [-0.3, -0.25) is 9.59 Å². The fraction of sp³-hybridized carbons (Fsp3) is 0.368. The highest BCUT2D eigenvalue weighted by molar-refractivity contribution is 6.34. The van der Waals surface area contributed by atoms with Crippen LogP contribution in [0, 0.1) is 13.8 Å². The molecule has 0 saturated carbocycles. The number of amides is 1. The molecule has 0 atom stereocenters. The van der Waals surface area contributed by atoms with Crippen molar-refractivity contribution in [1.82, 2.24) is 9.88 Å². The minimum absolute atomic E-state index is 0.136. The highest BCUT2D eigenvalue weighted by atomic mass is 35.5. The molecule has 1 aromatic carbocycles. The predicted molar refractivity (Wildman–Crippen MR) is 97.1 cm³/mol. The van der Waals surface area contributed by atoms with E-state index in [9.17, 15) is 9.59 Å². The van der Waals surface area contributed by atoms with Crippen LogP contribution in [0.2, 0.25) is 5.02 Å². The van der Waals surface area contributed by atoms with E-state index in [2.05, 4.69) is 4.98 Å². The number of aromatic amines is 1. The highest BCUT2D eigenvalue weighted by Crippen LogP contribution is 2.30. The Bertz CT molecular complexity index is 889. The average molecular weight is 361 g/mol. The third kappa shape index (κ3) is 3.34. The second kappa shape index (κ2) is 7.02. The van der Waals surface area contributed by atoms with Gasteiger partial charge in [-0.15, -0.1) is 0 Å². The van der Waals surface area contributed by atoms with Crippen LogP contribution in [-0.2, 0) is 24.3 Å². The molecule has 0 spiro atoms. The van der Waals surface area contributed by atoms with E-state index in [-0.39, 0.29) is 18.0 Å². The molecule has 0 fully saturated rings. The molecule has 6 heteroatoms. The van der Waals surface area contributed by atoms with E-state index in [1.54, 1.807) is 12.0 Å². The van der Waals surface area contributed by atoms with Crippen LogP contribution < -0.4 is 5.56 Å². The maximum absolute atomic E-state index is 13.0. The van der Waals surface area contributed by atoms with Gasteiger partial charge in [-0.25, -0.2) is 0 Å². The molecule has 0 unspecified atom stereocenters. The number of aromatic nitrogens is 1. The third-order valence-corrected chi connectivity index (χ3v) is 5.03. The summed E-state index contributed by atoms with van der Waals surface area (Å²) in [5.74, 6) is -0.136. The summed E-state index contributed by atoms with van der Waals surface area (Å²) < 4.78 is 5.15. The van der Waals surface area contributed by atoms with Crippen LogP contribution in [0.15, 0.2) is 23.0 Å². The zero-order chi connectivity index (χ0) is 18.1. The summed E-state index contributed by atoms with van der Waals surface area (Å²) in [6.45, 7) is 4.94. The lowest BCUT2D eigenvalue weighted by atomic mass is 9.96. The third-order valence-electron chi connectivity index (χ3n) is 4.60. The number of pyridine rings is 1. The number of carbonyl (C=O) groups is 1. The van der Waals surface area contributed by atoms with Gasteiger partial charge in [-0.05, 0) is 43.0 Å². The average Bonchev–Trinajstić information content (AvgIpc) is 2.55. The first-order chi connectivity index (χ1) is 11.9. The Labute approximate surface area is 151 Å². The van der Waals surface area contributed by atoms with Gasteiger partial charge in [0.1, 0.15) is 0 Å². The number of hydrogen-bond donors (Lipinski definition) is 1. The van der Waals surface area contributed by atoms with Gasteiger partial charge < -0.3 is 14.6 Å². The lowest BCUT2D eigenvalue weighted by Crippen LogP contribution is -2.39. The van der Waals surface area contributed by atoms with Crippen molar-refractivity contribution in [2.45, 2.75) is 33.4 Å². The molecule has 1 aliphatic rings. The number of H-pyrrole nitrogens is 1. The maximum atomic E-state index is 13.0. The maximum Gasteiger partial charge on any atom is 0.255 e. The van der Waals surface area contributed by atoms with Gasteiger partial charge in [-0.1, -0.05) is 23.7 Å². The molecule has 0 aliphatic carbocycles. The van der Waals surface area contributed by atoms with E-state index in [1.807, 2.05) is 32.0 Å². The molecule has 0 bridgehead atoms. The number of halogens is 1. The Balaban J connectivity index is 1.94. The minimum Gasteiger partial charge on any atom is -0.380 e. The van der Waals surface area contributed by atoms with Crippen LogP contribution in [0.4, 0.5) is 0 Å². The standard InChI is InChI=1S/C19H21ClN2O3/c1-11-8-12(2)21-18(23)15(11)9-22-7-6-13-4-5-14(10-25-3)17(20)16(13)19(22)24/h4-5,8H,6-7,9-10H2,1-3H3,(H,21,23). The Morgan fingerprint density at radius 2 is 2.04 bits per heavy atom. The van der Waals surface area contributed by atoms with Gasteiger partial charge in [0.2, 0.25) is 0 Å². The summed E-state index contributed by atoms with van der Waals surface area (Å²) in [7, 11) is 1.59. The van der Waals surface area contributed by atoms with Crippen LogP contribution in [0.3, 0.4) is 0 Å². The molecule has 2 aromatic rings. The van der Waals surface area contributed by atoms with Crippen molar-refractivity contribution in [3.8, 4) is 0 Å². The van der Waals surface area contributed by atoms with Gasteiger partial charge in [0.25, 0.3) is 11.5 Å². The number of hydrogen-bond acceptors (Lipinski definition) is 3. The number of fused-ring (bicyclic) bond motifs is 1. The first kappa shape index (κ1) is 17.7. The van der Waals surface area contributed by atoms with Crippen molar-refractivity contribution in [1.29, 1.82) is 0 Å². The van der Waals surface area contributed by atoms with Crippen molar-refractivity contribution in [2.24, 2.45) is 0 Å².